The predicted octanol–water partition coefficient (Wildman–Crippen LogP) is 3.36. The lowest BCUT2D eigenvalue weighted by atomic mass is 10.3. The van der Waals surface area contributed by atoms with Crippen molar-refractivity contribution in [1.29, 1.82) is 0 Å². The van der Waals surface area contributed by atoms with Crippen molar-refractivity contribution in [3.63, 3.8) is 0 Å². The predicted molar refractivity (Wildman–Crippen MR) is 57.1 cm³/mol. The van der Waals surface area contributed by atoms with E-state index in [1.807, 2.05) is 0 Å². The summed E-state index contributed by atoms with van der Waals surface area (Å²) >= 11 is 0. The largest absolute Gasteiger partial charge is 0.269 e. The van der Waals surface area contributed by atoms with E-state index in [2.05, 4.69) is 6.92 Å². The lowest BCUT2D eigenvalue weighted by Gasteiger charge is -1.97. The molecule has 0 fully saturated rings. The van der Waals surface area contributed by atoms with Crippen molar-refractivity contribution in [2.24, 2.45) is 0 Å². The number of nitro benzene ring substituents is 1. The third-order valence-corrected chi connectivity index (χ3v) is 3.78. The zero-order valence-corrected chi connectivity index (χ0v) is 8.73. The summed E-state index contributed by atoms with van der Waals surface area (Å²) in [6.45, 7) is 2.07. The Kier molecular flexibility index (Phi) is 4.11. The molecule has 0 spiro atoms. The van der Waals surface area contributed by atoms with Crippen LogP contribution < -0.4 is 0 Å². The molecule has 0 atom stereocenters. The highest BCUT2D eigenvalue weighted by Crippen LogP contribution is 2.31. The average molecular weight is 215 g/mol. The van der Waals surface area contributed by atoms with Crippen molar-refractivity contribution in [3.05, 3.63) is 34.4 Å². The summed E-state index contributed by atoms with van der Waals surface area (Å²) in [6.07, 6.45) is 0. The molecular weight excluding hydrogens is 206 g/mol. The number of benzene rings is 1. The Balaban J connectivity index is 2.64. The molecule has 0 saturated heterocycles. The van der Waals surface area contributed by atoms with Crippen LogP contribution in [-0.2, 0) is 0 Å². The molecule has 3 nitrogen and oxygen atoms in total. The first kappa shape index (κ1) is 10.4. The molecular formula is C8H9NO2S2. The fraction of sp³-hybridized carbons (Fsp3) is 0.250. The van der Waals surface area contributed by atoms with E-state index in [0.29, 0.717) is 0 Å². The Hall–Kier alpha value is -0.680. The number of hydrogen-bond acceptors (Lipinski definition) is 4. The van der Waals surface area contributed by atoms with Gasteiger partial charge in [0.25, 0.3) is 5.69 Å². The van der Waals surface area contributed by atoms with Gasteiger partial charge in [0.1, 0.15) is 0 Å². The zero-order chi connectivity index (χ0) is 9.68. The minimum absolute atomic E-state index is 0.144. The second-order valence-corrected chi connectivity index (χ2v) is 4.90. The molecule has 1 rings (SSSR count). The molecule has 1 aromatic rings. The summed E-state index contributed by atoms with van der Waals surface area (Å²) in [4.78, 5) is 11.0. The van der Waals surface area contributed by atoms with Gasteiger partial charge in [-0.15, -0.1) is 0 Å². The van der Waals surface area contributed by atoms with Crippen LogP contribution in [0.5, 0.6) is 0 Å². The van der Waals surface area contributed by atoms with Gasteiger partial charge in [0.2, 0.25) is 0 Å². The van der Waals surface area contributed by atoms with Gasteiger partial charge in [-0.1, -0.05) is 28.5 Å². The van der Waals surface area contributed by atoms with Crippen LogP contribution in [0, 0.1) is 10.1 Å². The van der Waals surface area contributed by atoms with E-state index in [1.54, 1.807) is 33.7 Å². The van der Waals surface area contributed by atoms with E-state index in [9.17, 15) is 10.1 Å². The highest BCUT2D eigenvalue weighted by atomic mass is 33.1. The van der Waals surface area contributed by atoms with E-state index < -0.39 is 0 Å². The molecule has 5 heteroatoms. The summed E-state index contributed by atoms with van der Waals surface area (Å²) in [6, 6.07) is 6.59. The summed E-state index contributed by atoms with van der Waals surface area (Å²) in [7, 11) is 3.36. The van der Waals surface area contributed by atoms with Crippen LogP contribution in [0.2, 0.25) is 0 Å². The van der Waals surface area contributed by atoms with Gasteiger partial charge in [-0.25, -0.2) is 0 Å². The van der Waals surface area contributed by atoms with Crippen LogP contribution in [0.1, 0.15) is 6.92 Å². The lowest BCUT2D eigenvalue weighted by molar-refractivity contribution is -0.384. The van der Waals surface area contributed by atoms with Crippen LogP contribution in [0.15, 0.2) is 29.2 Å². The summed E-state index contributed by atoms with van der Waals surface area (Å²) in [5.41, 5.74) is 0.144. The second-order valence-electron chi connectivity index (χ2n) is 2.24. The Morgan fingerprint density at radius 3 is 2.46 bits per heavy atom. The second kappa shape index (κ2) is 5.14. The van der Waals surface area contributed by atoms with Gasteiger partial charge in [0, 0.05) is 22.8 Å². The van der Waals surface area contributed by atoms with Gasteiger partial charge in [0.15, 0.2) is 0 Å². The number of nitrogens with zero attached hydrogens (tertiary/aromatic N) is 1. The molecule has 1 aromatic carbocycles. The molecule has 0 aliphatic rings. The van der Waals surface area contributed by atoms with Gasteiger partial charge in [-0.2, -0.15) is 0 Å². The van der Waals surface area contributed by atoms with E-state index >= 15 is 0 Å². The molecule has 0 bridgehead atoms. The van der Waals surface area contributed by atoms with Gasteiger partial charge in [0.05, 0.1) is 4.92 Å². The Morgan fingerprint density at radius 1 is 1.38 bits per heavy atom. The first-order valence-electron chi connectivity index (χ1n) is 3.78. The van der Waals surface area contributed by atoms with Crippen LogP contribution in [0.4, 0.5) is 5.69 Å². The van der Waals surface area contributed by atoms with Crippen molar-refractivity contribution in [2.75, 3.05) is 5.75 Å². The highest BCUT2D eigenvalue weighted by Gasteiger charge is 2.03. The van der Waals surface area contributed by atoms with Crippen molar-refractivity contribution in [3.8, 4) is 0 Å². The van der Waals surface area contributed by atoms with Crippen LogP contribution in [0.25, 0.3) is 0 Å². The quantitative estimate of drug-likeness (QED) is 0.439. The minimum atomic E-state index is -0.387. The Bertz CT molecular complexity index is 287. The van der Waals surface area contributed by atoms with Crippen molar-refractivity contribution in [2.45, 2.75) is 11.8 Å². The lowest BCUT2D eigenvalue weighted by Crippen LogP contribution is -1.86. The molecule has 0 aromatic heterocycles. The first-order chi connectivity index (χ1) is 6.24. The van der Waals surface area contributed by atoms with E-state index in [1.165, 1.54) is 12.1 Å². The molecule has 0 unspecified atom stereocenters. The van der Waals surface area contributed by atoms with Gasteiger partial charge in [-0.3, -0.25) is 10.1 Å². The highest BCUT2D eigenvalue weighted by molar-refractivity contribution is 8.76. The zero-order valence-electron chi connectivity index (χ0n) is 7.10. The van der Waals surface area contributed by atoms with Crippen LogP contribution in [0.3, 0.4) is 0 Å². The topological polar surface area (TPSA) is 43.1 Å². The third kappa shape index (κ3) is 3.28. The normalized spacial score (nSPS) is 9.92. The van der Waals surface area contributed by atoms with Crippen molar-refractivity contribution < 1.29 is 4.92 Å². The third-order valence-electron chi connectivity index (χ3n) is 1.32. The monoisotopic (exact) mass is 215 g/mol. The number of hydrogen-bond donors (Lipinski definition) is 0. The molecule has 0 aliphatic carbocycles. The maximum atomic E-state index is 10.3. The van der Waals surface area contributed by atoms with Crippen molar-refractivity contribution in [1.82, 2.24) is 0 Å². The smallest absolute Gasteiger partial charge is 0.258 e. The van der Waals surface area contributed by atoms with Crippen LogP contribution >= 0.6 is 21.6 Å². The maximum absolute atomic E-state index is 10.3. The summed E-state index contributed by atoms with van der Waals surface area (Å²) < 4.78 is 0. The molecule has 13 heavy (non-hydrogen) atoms. The number of nitro groups is 1. The Morgan fingerprint density at radius 2 is 2.00 bits per heavy atom. The molecule has 0 amide bonds. The van der Waals surface area contributed by atoms with Crippen LogP contribution in [-0.4, -0.2) is 10.7 Å². The molecule has 0 saturated carbocycles. The fourth-order valence-electron chi connectivity index (χ4n) is 0.750. The summed E-state index contributed by atoms with van der Waals surface area (Å²) in [5.74, 6) is 1.03. The SMILES string of the molecule is CCSSc1ccc([N+](=O)[O-])cc1. The van der Waals surface area contributed by atoms with E-state index in [-0.39, 0.29) is 10.6 Å². The fourth-order valence-corrected chi connectivity index (χ4v) is 2.35. The molecule has 0 radical (unpaired) electrons. The molecule has 70 valence electrons. The average Bonchev–Trinajstić information content (AvgIpc) is 2.15. The van der Waals surface area contributed by atoms with Crippen molar-refractivity contribution >= 4 is 27.3 Å². The standard InChI is InChI=1S/C8H9NO2S2/c1-2-12-13-8-5-3-7(4-6-8)9(10)11/h3-6H,2H2,1H3. The summed E-state index contributed by atoms with van der Waals surface area (Å²) in [5, 5.41) is 10.3. The number of non-ortho nitro benzene ring substituents is 1. The van der Waals surface area contributed by atoms with E-state index in [0.717, 1.165) is 10.6 Å². The maximum Gasteiger partial charge on any atom is 0.269 e. The molecule has 0 heterocycles. The van der Waals surface area contributed by atoms with Gasteiger partial charge in [-0.05, 0) is 12.1 Å². The number of rotatable bonds is 4. The molecule has 0 N–H and O–H groups in total. The molecule has 0 aliphatic heterocycles. The Labute approximate surface area is 84.5 Å². The minimum Gasteiger partial charge on any atom is -0.258 e. The van der Waals surface area contributed by atoms with Gasteiger partial charge >= 0.3 is 0 Å². The van der Waals surface area contributed by atoms with E-state index in [4.69, 9.17) is 0 Å². The first-order valence-corrected chi connectivity index (χ1v) is 6.10. The van der Waals surface area contributed by atoms with Gasteiger partial charge < -0.3 is 0 Å².